The smallest absolute Gasteiger partial charge is 0.159 e. The van der Waals surface area contributed by atoms with Crippen molar-refractivity contribution in [1.29, 1.82) is 0 Å². The Morgan fingerprint density at radius 2 is 1.14 bits per heavy atom. The van der Waals surface area contributed by atoms with Crippen LogP contribution in [0.15, 0.2) is 138 Å². The minimum Gasteiger partial charge on any atom is -0.454 e. The number of hydrogen-bond acceptors (Lipinski definition) is 3. The predicted octanol–water partition coefficient (Wildman–Crippen LogP) is 13.6. The number of benzene rings is 6. The highest BCUT2D eigenvalue weighted by Crippen LogP contribution is 2.61. The van der Waals surface area contributed by atoms with Gasteiger partial charge in [-0.25, -0.2) is 0 Å². The average Bonchev–Trinajstić information content (AvgIpc) is 3.70. The molecule has 0 unspecified atom stereocenters. The third kappa shape index (κ3) is 4.38. The van der Waals surface area contributed by atoms with E-state index in [1.165, 1.54) is 75.5 Å². The molecule has 2 heterocycles. The molecule has 0 spiro atoms. The van der Waals surface area contributed by atoms with Crippen LogP contribution in [0, 0.1) is 17.8 Å². The van der Waals surface area contributed by atoms with Crippen LogP contribution in [0.25, 0.3) is 53.2 Å². The van der Waals surface area contributed by atoms with Crippen molar-refractivity contribution in [2.45, 2.75) is 43.9 Å². The van der Waals surface area contributed by atoms with Crippen LogP contribution >= 0.6 is 11.3 Å². The fraction of sp³-hybridized carbons (Fsp3) is 0.217. The van der Waals surface area contributed by atoms with Crippen LogP contribution in [0.2, 0.25) is 0 Å². The maximum absolute atomic E-state index is 6.62. The Bertz CT molecular complexity index is 2500. The first-order valence-corrected chi connectivity index (χ1v) is 18.8. The van der Waals surface area contributed by atoms with Gasteiger partial charge in [-0.1, -0.05) is 78.9 Å². The van der Waals surface area contributed by atoms with Gasteiger partial charge in [-0.15, -0.1) is 11.3 Å². The molecule has 238 valence electrons. The van der Waals surface area contributed by atoms with Gasteiger partial charge in [-0.2, -0.15) is 0 Å². The van der Waals surface area contributed by atoms with Gasteiger partial charge in [0.25, 0.3) is 0 Å². The lowest BCUT2D eigenvalue weighted by Crippen LogP contribution is -2.48. The molecule has 2 aromatic heterocycles. The Kier molecular flexibility index (Phi) is 6.04. The van der Waals surface area contributed by atoms with Crippen molar-refractivity contribution in [2.24, 2.45) is 17.8 Å². The van der Waals surface area contributed by atoms with Crippen LogP contribution in [0.1, 0.15) is 44.1 Å². The maximum atomic E-state index is 6.62. The Morgan fingerprint density at radius 3 is 1.90 bits per heavy atom. The molecular formula is C46H37NOS. The Balaban J connectivity index is 1.02. The minimum absolute atomic E-state index is 0.382. The fourth-order valence-electron chi connectivity index (χ4n) is 10.5. The number of fused-ring (bicyclic) bond motifs is 6. The predicted molar refractivity (Wildman–Crippen MR) is 207 cm³/mol. The summed E-state index contributed by atoms with van der Waals surface area (Å²) in [7, 11) is 0. The lowest BCUT2D eigenvalue weighted by molar-refractivity contribution is -0.00518. The monoisotopic (exact) mass is 651 g/mol. The van der Waals surface area contributed by atoms with Crippen molar-refractivity contribution in [3.8, 4) is 11.1 Å². The molecule has 0 aliphatic heterocycles. The van der Waals surface area contributed by atoms with Gasteiger partial charge in [0.2, 0.25) is 0 Å². The lowest BCUT2D eigenvalue weighted by Gasteiger charge is -2.57. The van der Waals surface area contributed by atoms with Crippen molar-refractivity contribution in [1.82, 2.24) is 0 Å². The first-order valence-electron chi connectivity index (χ1n) is 18.0. The lowest BCUT2D eigenvalue weighted by atomic mass is 9.48. The summed E-state index contributed by atoms with van der Waals surface area (Å²) in [6, 6.07) is 49.4. The third-order valence-electron chi connectivity index (χ3n) is 12.2. The van der Waals surface area contributed by atoms with Crippen LogP contribution in [-0.4, -0.2) is 0 Å². The van der Waals surface area contributed by atoms with Gasteiger partial charge >= 0.3 is 0 Å². The first kappa shape index (κ1) is 28.0. The summed E-state index contributed by atoms with van der Waals surface area (Å²) in [5, 5.41) is 4.97. The highest BCUT2D eigenvalue weighted by Gasteiger charge is 2.51. The minimum atomic E-state index is 0.382. The number of anilines is 3. The molecule has 0 N–H and O–H groups in total. The molecule has 2 nitrogen and oxygen atoms in total. The summed E-state index contributed by atoms with van der Waals surface area (Å²) in [5.74, 6) is 2.81. The number of para-hydroxylation sites is 2. The summed E-state index contributed by atoms with van der Waals surface area (Å²) in [5.41, 5.74) is 9.61. The molecule has 49 heavy (non-hydrogen) atoms. The SMILES string of the molecule is c1ccc2c(c1)oc1c(N(c3ccc(-c4ccc5sc6ccccc6c5c4)cc3)c3ccc(C45CC6CC(CC(C6)C4)C5)cc3)cccc12. The molecule has 4 aliphatic carbocycles. The van der Waals surface area contributed by atoms with Crippen molar-refractivity contribution in [3.05, 3.63) is 139 Å². The summed E-state index contributed by atoms with van der Waals surface area (Å²) in [6.45, 7) is 0. The van der Waals surface area contributed by atoms with E-state index in [1.807, 2.05) is 11.3 Å². The van der Waals surface area contributed by atoms with Crippen molar-refractivity contribution in [2.75, 3.05) is 4.90 Å². The molecule has 0 amide bonds. The van der Waals surface area contributed by atoms with E-state index in [0.717, 1.165) is 51.1 Å². The van der Waals surface area contributed by atoms with Gasteiger partial charge < -0.3 is 9.32 Å². The largest absolute Gasteiger partial charge is 0.454 e. The molecule has 4 aliphatic rings. The standard InChI is InChI=1S/C46H37NOS/c1-3-10-42-37(6-1)39-8-5-9-41(45(39)48-42)47(36-19-15-34(16-20-36)46-26-29-22-30(27-46)24-31(23-29)28-46)35-17-12-32(13-18-35)33-14-21-44-40(25-33)38-7-2-4-11-43(38)49-44/h1-21,25,29-31H,22-24,26-28H2. The fourth-order valence-corrected chi connectivity index (χ4v) is 11.6. The topological polar surface area (TPSA) is 16.4 Å². The van der Waals surface area contributed by atoms with Gasteiger partial charge in [-0.3, -0.25) is 0 Å². The molecule has 0 saturated heterocycles. The number of rotatable bonds is 5. The van der Waals surface area contributed by atoms with Gasteiger partial charge in [0, 0.05) is 42.3 Å². The maximum Gasteiger partial charge on any atom is 0.159 e. The van der Waals surface area contributed by atoms with Gasteiger partial charge in [0.05, 0.1) is 5.69 Å². The average molecular weight is 652 g/mol. The highest BCUT2D eigenvalue weighted by atomic mass is 32.1. The molecule has 12 rings (SSSR count). The Labute approximate surface area is 290 Å². The molecule has 6 aromatic carbocycles. The number of thiophene rings is 1. The quantitative estimate of drug-likeness (QED) is 0.184. The molecule has 4 saturated carbocycles. The second-order valence-corrected chi connectivity index (χ2v) is 16.3. The van der Waals surface area contributed by atoms with Gasteiger partial charge in [0.1, 0.15) is 5.58 Å². The number of furan rings is 1. The van der Waals surface area contributed by atoms with E-state index >= 15 is 0 Å². The van der Waals surface area contributed by atoms with Crippen LogP contribution in [0.3, 0.4) is 0 Å². The molecule has 3 heteroatoms. The number of hydrogen-bond donors (Lipinski definition) is 0. The van der Waals surface area contributed by atoms with E-state index in [-0.39, 0.29) is 0 Å². The second-order valence-electron chi connectivity index (χ2n) is 15.2. The Morgan fingerprint density at radius 1 is 0.531 bits per heavy atom. The summed E-state index contributed by atoms with van der Waals surface area (Å²) in [4.78, 5) is 2.40. The van der Waals surface area contributed by atoms with Gasteiger partial charge in [0.15, 0.2) is 5.58 Å². The van der Waals surface area contributed by atoms with Crippen LogP contribution in [0.4, 0.5) is 17.1 Å². The summed E-state index contributed by atoms with van der Waals surface area (Å²) >= 11 is 1.87. The number of nitrogens with zero attached hydrogens (tertiary/aromatic N) is 1. The molecule has 0 radical (unpaired) electrons. The second kappa shape index (κ2) is 10.6. The van der Waals surface area contributed by atoms with Gasteiger partial charge in [-0.05, 0) is 133 Å². The Hall–Kier alpha value is -4.86. The summed E-state index contributed by atoms with van der Waals surface area (Å²) in [6.07, 6.45) is 8.57. The highest BCUT2D eigenvalue weighted by molar-refractivity contribution is 7.25. The molecule has 0 atom stereocenters. The van der Waals surface area contributed by atoms with E-state index in [4.69, 9.17) is 4.42 Å². The van der Waals surface area contributed by atoms with Crippen molar-refractivity contribution < 1.29 is 4.42 Å². The molecule has 8 aromatic rings. The van der Waals surface area contributed by atoms with E-state index < -0.39 is 0 Å². The van der Waals surface area contributed by atoms with Crippen molar-refractivity contribution in [3.63, 3.8) is 0 Å². The molecule has 4 fully saturated rings. The van der Waals surface area contributed by atoms with E-state index in [0.29, 0.717) is 5.41 Å². The zero-order chi connectivity index (χ0) is 32.1. The van der Waals surface area contributed by atoms with Crippen LogP contribution in [-0.2, 0) is 5.41 Å². The first-order chi connectivity index (χ1) is 24.2. The third-order valence-corrected chi connectivity index (χ3v) is 13.4. The van der Waals surface area contributed by atoms with Crippen LogP contribution in [0.5, 0.6) is 0 Å². The molecule has 4 bridgehead atoms. The zero-order valence-corrected chi connectivity index (χ0v) is 28.3. The normalized spacial score (nSPS) is 22.9. The van der Waals surface area contributed by atoms with E-state index in [1.54, 1.807) is 5.56 Å². The molecular weight excluding hydrogens is 615 g/mol. The van der Waals surface area contributed by atoms with E-state index in [2.05, 4.69) is 138 Å². The van der Waals surface area contributed by atoms with Crippen LogP contribution < -0.4 is 4.90 Å². The summed E-state index contributed by atoms with van der Waals surface area (Å²) < 4.78 is 9.30. The zero-order valence-electron chi connectivity index (χ0n) is 27.4. The van der Waals surface area contributed by atoms with E-state index in [9.17, 15) is 0 Å². The van der Waals surface area contributed by atoms with Crippen molar-refractivity contribution >= 4 is 70.5 Å².